The highest BCUT2D eigenvalue weighted by atomic mass is 35.5. The molecule has 8 heteroatoms. The van der Waals surface area contributed by atoms with E-state index in [-0.39, 0.29) is 40.8 Å². The van der Waals surface area contributed by atoms with Crippen LogP contribution in [0.5, 0.6) is 5.88 Å². The lowest BCUT2D eigenvalue weighted by atomic mass is 10.1. The van der Waals surface area contributed by atoms with Gasteiger partial charge < -0.3 is 15.2 Å². The van der Waals surface area contributed by atoms with Gasteiger partial charge in [-0.1, -0.05) is 47.5 Å². The molecule has 0 spiro atoms. The summed E-state index contributed by atoms with van der Waals surface area (Å²) in [4.78, 5) is 27.3. The third kappa shape index (κ3) is 5.34. The zero-order chi connectivity index (χ0) is 19.3. The third-order valence-electron chi connectivity index (χ3n) is 3.28. The lowest BCUT2D eigenvalue weighted by Gasteiger charge is -2.13. The molecule has 26 heavy (non-hydrogen) atoms. The lowest BCUT2D eigenvalue weighted by Crippen LogP contribution is -2.16. The van der Waals surface area contributed by atoms with Gasteiger partial charge in [-0.05, 0) is 31.0 Å². The molecule has 0 radical (unpaired) electrons. The van der Waals surface area contributed by atoms with E-state index in [2.05, 4.69) is 4.98 Å². The fraction of sp³-hybridized carbons (Fsp3) is 0.278. The van der Waals surface area contributed by atoms with E-state index in [0.29, 0.717) is 0 Å². The number of primary amides is 1. The van der Waals surface area contributed by atoms with Crippen molar-refractivity contribution in [1.82, 2.24) is 4.98 Å². The summed E-state index contributed by atoms with van der Waals surface area (Å²) in [7, 11) is 0. The maximum atomic E-state index is 12.1. The van der Waals surface area contributed by atoms with Crippen molar-refractivity contribution in [3.63, 3.8) is 0 Å². The summed E-state index contributed by atoms with van der Waals surface area (Å²) in [5, 5.41) is 0.227. The highest BCUT2D eigenvalue weighted by Gasteiger charge is 2.19. The number of aromatic nitrogens is 1. The second kappa shape index (κ2) is 8.87. The van der Waals surface area contributed by atoms with Crippen LogP contribution in [-0.2, 0) is 22.6 Å². The highest BCUT2D eigenvalue weighted by Crippen LogP contribution is 2.29. The first-order valence-corrected chi connectivity index (χ1v) is 8.58. The first kappa shape index (κ1) is 20.0. The highest BCUT2D eigenvalue weighted by molar-refractivity contribution is 6.36. The number of nitrogens with two attached hydrogens (primary N) is 1. The Hall–Kier alpha value is -2.31. The minimum atomic E-state index is -0.666. The van der Waals surface area contributed by atoms with Gasteiger partial charge in [0, 0.05) is 0 Å². The smallest absolute Gasteiger partial charge is 0.358 e. The molecule has 6 nitrogen and oxygen atoms in total. The molecule has 0 aliphatic heterocycles. The van der Waals surface area contributed by atoms with Gasteiger partial charge >= 0.3 is 5.97 Å². The van der Waals surface area contributed by atoms with Crippen LogP contribution in [0.25, 0.3) is 0 Å². The Morgan fingerprint density at radius 1 is 1.15 bits per heavy atom. The molecule has 0 unspecified atom stereocenters. The van der Waals surface area contributed by atoms with Crippen LogP contribution >= 0.6 is 23.2 Å². The van der Waals surface area contributed by atoms with Gasteiger partial charge in [0.1, 0.15) is 11.6 Å². The molecule has 1 heterocycles. The van der Waals surface area contributed by atoms with Gasteiger partial charge in [0.25, 0.3) is 0 Å². The zero-order valence-corrected chi connectivity index (χ0v) is 15.8. The molecule has 0 saturated carbocycles. The summed E-state index contributed by atoms with van der Waals surface area (Å²) < 4.78 is 10.7. The fourth-order valence-electron chi connectivity index (χ4n) is 2.17. The lowest BCUT2D eigenvalue weighted by molar-refractivity contribution is -0.117. The number of esters is 1. The van der Waals surface area contributed by atoms with Gasteiger partial charge in [-0.15, -0.1) is 0 Å². The molecule has 1 aromatic heterocycles. The predicted octanol–water partition coefficient (Wildman–Crippen LogP) is 3.56. The van der Waals surface area contributed by atoms with Crippen LogP contribution in [0, 0.1) is 0 Å². The predicted molar refractivity (Wildman–Crippen MR) is 98.5 cm³/mol. The Kier molecular flexibility index (Phi) is 6.83. The molecule has 2 aromatic rings. The maximum Gasteiger partial charge on any atom is 0.358 e. The molecule has 0 atom stereocenters. The first-order chi connectivity index (χ1) is 12.3. The monoisotopic (exact) mass is 396 g/mol. The second-order valence-electron chi connectivity index (χ2n) is 5.76. The Labute approximate surface area is 161 Å². The Bertz CT molecular complexity index is 825. The largest absolute Gasteiger partial charge is 0.472 e. The van der Waals surface area contributed by atoms with Crippen molar-refractivity contribution in [2.45, 2.75) is 33.0 Å². The first-order valence-electron chi connectivity index (χ1n) is 7.82. The van der Waals surface area contributed by atoms with Crippen molar-refractivity contribution < 1.29 is 19.1 Å². The van der Waals surface area contributed by atoms with Crippen molar-refractivity contribution in [2.24, 2.45) is 5.73 Å². The van der Waals surface area contributed by atoms with Crippen LogP contribution in [0.15, 0.2) is 30.3 Å². The molecule has 1 amide bonds. The Morgan fingerprint density at radius 3 is 2.42 bits per heavy atom. The summed E-state index contributed by atoms with van der Waals surface area (Å²) in [5.74, 6) is -1.07. The molecule has 0 fully saturated rings. The molecule has 2 rings (SSSR count). The molecule has 0 aliphatic rings. The van der Waals surface area contributed by atoms with Crippen LogP contribution < -0.4 is 10.5 Å². The van der Waals surface area contributed by atoms with Gasteiger partial charge in [0.05, 0.1) is 17.5 Å². The Morgan fingerprint density at radius 2 is 1.81 bits per heavy atom. The van der Waals surface area contributed by atoms with Gasteiger partial charge in [-0.3, -0.25) is 4.79 Å². The van der Waals surface area contributed by atoms with Crippen LogP contribution in [0.3, 0.4) is 0 Å². The third-order valence-corrected chi connectivity index (χ3v) is 3.84. The van der Waals surface area contributed by atoms with Gasteiger partial charge in [0.15, 0.2) is 5.69 Å². The Balaban J connectivity index is 2.22. The normalized spacial score (nSPS) is 10.7. The number of carbonyl (C=O) groups is 2. The van der Waals surface area contributed by atoms with E-state index in [9.17, 15) is 9.59 Å². The quantitative estimate of drug-likeness (QED) is 0.722. The maximum absolute atomic E-state index is 12.1. The summed E-state index contributed by atoms with van der Waals surface area (Å²) in [6, 6.07) is 8.57. The zero-order valence-electron chi connectivity index (χ0n) is 14.3. The van der Waals surface area contributed by atoms with Crippen LogP contribution in [0.4, 0.5) is 0 Å². The molecule has 138 valence electrons. The van der Waals surface area contributed by atoms with E-state index in [1.165, 1.54) is 6.07 Å². The van der Waals surface area contributed by atoms with Crippen molar-refractivity contribution >= 4 is 35.1 Å². The summed E-state index contributed by atoms with van der Waals surface area (Å²) in [6.07, 6.45) is -0.228. The van der Waals surface area contributed by atoms with E-state index in [0.717, 1.165) is 11.1 Å². The fourth-order valence-corrected chi connectivity index (χ4v) is 2.66. The van der Waals surface area contributed by atoms with Gasteiger partial charge in [0.2, 0.25) is 11.8 Å². The number of amides is 1. The number of carbonyl (C=O) groups excluding carboxylic acids is 2. The van der Waals surface area contributed by atoms with Crippen LogP contribution in [0.1, 0.15) is 35.5 Å². The number of benzene rings is 1. The second-order valence-corrected chi connectivity index (χ2v) is 6.57. The number of nitrogens with zero attached hydrogens (tertiary/aromatic N) is 1. The summed E-state index contributed by atoms with van der Waals surface area (Å²) >= 11 is 12.1. The van der Waals surface area contributed by atoms with Crippen LogP contribution in [0.2, 0.25) is 10.0 Å². The number of rotatable bonds is 7. The van der Waals surface area contributed by atoms with Gasteiger partial charge in [-0.2, -0.15) is 0 Å². The molecule has 0 saturated heterocycles. The van der Waals surface area contributed by atoms with Crippen LogP contribution in [-0.4, -0.2) is 23.0 Å². The molecule has 0 aliphatic carbocycles. The van der Waals surface area contributed by atoms with E-state index in [4.69, 9.17) is 38.4 Å². The number of hydrogen-bond donors (Lipinski definition) is 1. The standard InChI is InChI=1S/C18H18Cl2N2O4/c1-10(2)26-18(24)16-13(19)8-14(20)17(22-16)25-9-12-6-4-3-5-11(12)7-15(21)23/h3-6,8,10H,7,9H2,1-2H3,(H2,21,23). The van der Waals surface area contributed by atoms with E-state index in [1.807, 2.05) is 6.07 Å². The summed E-state index contributed by atoms with van der Waals surface area (Å²) in [5.41, 5.74) is 6.67. The molecular weight excluding hydrogens is 379 g/mol. The van der Waals surface area contributed by atoms with E-state index < -0.39 is 11.9 Å². The van der Waals surface area contributed by atoms with Crippen molar-refractivity contribution in [3.05, 3.63) is 57.2 Å². The minimum absolute atomic E-state index is 0.0423. The average molecular weight is 397 g/mol. The summed E-state index contributed by atoms with van der Waals surface area (Å²) in [6.45, 7) is 3.53. The average Bonchev–Trinajstić information content (AvgIpc) is 2.54. The topological polar surface area (TPSA) is 91.5 Å². The van der Waals surface area contributed by atoms with Crippen molar-refractivity contribution in [2.75, 3.05) is 0 Å². The van der Waals surface area contributed by atoms with Gasteiger partial charge in [-0.25, -0.2) is 9.78 Å². The van der Waals surface area contributed by atoms with E-state index in [1.54, 1.807) is 32.0 Å². The number of hydrogen-bond acceptors (Lipinski definition) is 5. The number of pyridine rings is 1. The minimum Gasteiger partial charge on any atom is -0.472 e. The van der Waals surface area contributed by atoms with Crippen molar-refractivity contribution in [3.8, 4) is 5.88 Å². The molecule has 2 N–H and O–H groups in total. The molecule has 0 bridgehead atoms. The number of halogens is 2. The molecular formula is C18H18Cl2N2O4. The molecule has 1 aromatic carbocycles. The van der Waals surface area contributed by atoms with E-state index >= 15 is 0 Å². The van der Waals surface area contributed by atoms with Crippen molar-refractivity contribution in [1.29, 1.82) is 0 Å². The number of ether oxygens (including phenoxy) is 2. The SMILES string of the molecule is CC(C)OC(=O)c1nc(OCc2ccccc2CC(N)=O)c(Cl)cc1Cl.